The lowest BCUT2D eigenvalue weighted by molar-refractivity contribution is -0.280. The molecule has 29 heavy (non-hydrogen) atoms. The SMILES string of the molecule is O=C(O)C1=C(C(=O)O)C(F)(F)C(F)(F)C(Oc2cc(F)c(F)c(F)c2F)C1(F)F. The highest BCUT2D eigenvalue weighted by atomic mass is 19.3. The van der Waals surface area contributed by atoms with Gasteiger partial charge in [-0.1, -0.05) is 0 Å². The van der Waals surface area contributed by atoms with Crippen molar-refractivity contribution in [1.82, 2.24) is 0 Å². The lowest BCUT2D eigenvalue weighted by Gasteiger charge is -2.41. The quantitative estimate of drug-likeness (QED) is 0.425. The molecule has 0 saturated heterocycles. The summed E-state index contributed by atoms with van der Waals surface area (Å²) < 4.78 is 141. The largest absolute Gasteiger partial charge is 0.478 e. The number of halogens is 10. The fourth-order valence-corrected chi connectivity index (χ4v) is 2.42. The molecule has 0 bridgehead atoms. The highest BCUT2D eigenvalue weighted by Crippen LogP contribution is 2.55. The topological polar surface area (TPSA) is 83.8 Å². The standard InChI is InChI=1S/C14H4F10O5/c15-2-1-3(7(17)8(18)6(2)16)29-11-12(19,20)4(9(25)26)5(10(27)28)13(21,22)14(11,23)24/h1,11H,(H,25,26)(H,27,28). The Hall–Kier alpha value is -3.00. The molecule has 1 atom stereocenters. The van der Waals surface area contributed by atoms with E-state index in [0.717, 1.165) is 0 Å². The molecule has 2 rings (SSSR count). The van der Waals surface area contributed by atoms with E-state index in [1.165, 1.54) is 0 Å². The second-order valence-corrected chi connectivity index (χ2v) is 5.48. The van der Waals surface area contributed by atoms with Crippen LogP contribution in [0.2, 0.25) is 0 Å². The van der Waals surface area contributed by atoms with Crippen molar-refractivity contribution in [3.8, 4) is 5.75 Å². The van der Waals surface area contributed by atoms with Gasteiger partial charge < -0.3 is 14.9 Å². The predicted octanol–water partition coefficient (Wildman–Crippen LogP) is 3.38. The van der Waals surface area contributed by atoms with E-state index in [1.807, 2.05) is 0 Å². The Balaban J connectivity index is 2.80. The van der Waals surface area contributed by atoms with Crippen LogP contribution >= 0.6 is 0 Å². The van der Waals surface area contributed by atoms with Crippen molar-refractivity contribution in [3.05, 3.63) is 40.5 Å². The maximum atomic E-state index is 14.3. The molecule has 0 aromatic heterocycles. The zero-order chi connectivity index (χ0) is 22.7. The zero-order valence-corrected chi connectivity index (χ0v) is 13.1. The van der Waals surface area contributed by atoms with Crippen LogP contribution in [0.4, 0.5) is 43.9 Å². The van der Waals surface area contributed by atoms with E-state index < -0.39 is 82.0 Å². The first-order chi connectivity index (χ1) is 13.0. The number of carbonyl (C=O) groups is 2. The lowest BCUT2D eigenvalue weighted by atomic mass is 9.80. The number of carboxylic acids is 2. The fourth-order valence-electron chi connectivity index (χ4n) is 2.42. The van der Waals surface area contributed by atoms with Crippen LogP contribution in [0.5, 0.6) is 5.75 Å². The number of carboxylic acid groups (broad SMARTS) is 2. The molecular weight excluding hydrogens is 438 g/mol. The Morgan fingerprint density at radius 2 is 1.31 bits per heavy atom. The summed E-state index contributed by atoms with van der Waals surface area (Å²) in [6.45, 7) is 0. The van der Waals surface area contributed by atoms with E-state index in [1.54, 1.807) is 0 Å². The number of hydrogen-bond acceptors (Lipinski definition) is 3. The lowest BCUT2D eigenvalue weighted by Crippen LogP contribution is -2.66. The van der Waals surface area contributed by atoms with Gasteiger partial charge in [-0.15, -0.1) is 0 Å². The molecule has 0 saturated carbocycles. The first kappa shape index (κ1) is 22.3. The normalized spacial score (nSPS) is 22.3. The Bertz CT molecular complexity index is 939. The van der Waals surface area contributed by atoms with Crippen molar-refractivity contribution in [2.45, 2.75) is 23.9 Å². The monoisotopic (exact) mass is 442 g/mol. The molecule has 0 spiro atoms. The number of alkyl halides is 6. The van der Waals surface area contributed by atoms with E-state index in [9.17, 15) is 53.5 Å². The predicted molar refractivity (Wildman–Crippen MR) is 67.8 cm³/mol. The van der Waals surface area contributed by atoms with Crippen molar-refractivity contribution in [2.75, 3.05) is 0 Å². The van der Waals surface area contributed by atoms with Gasteiger partial charge in [-0.25, -0.2) is 22.8 Å². The maximum Gasteiger partial charge on any atom is 0.357 e. The molecule has 0 heterocycles. The van der Waals surface area contributed by atoms with Gasteiger partial charge in [0.2, 0.25) is 17.7 Å². The van der Waals surface area contributed by atoms with Gasteiger partial charge in [0.1, 0.15) is 11.1 Å². The van der Waals surface area contributed by atoms with Gasteiger partial charge in [-0.2, -0.15) is 30.7 Å². The van der Waals surface area contributed by atoms with Crippen LogP contribution in [-0.2, 0) is 9.59 Å². The van der Waals surface area contributed by atoms with Crippen molar-refractivity contribution in [2.24, 2.45) is 0 Å². The van der Waals surface area contributed by atoms with Crippen molar-refractivity contribution in [1.29, 1.82) is 0 Å². The molecule has 160 valence electrons. The van der Waals surface area contributed by atoms with Gasteiger partial charge in [0.15, 0.2) is 17.4 Å². The summed E-state index contributed by atoms with van der Waals surface area (Å²) >= 11 is 0. The number of benzene rings is 1. The van der Waals surface area contributed by atoms with Crippen molar-refractivity contribution >= 4 is 11.9 Å². The minimum Gasteiger partial charge on any atom is -0.478 e. The smallest absolute Gasteiger partial charge is 0.357 e. The Morgan fingerprint density at radius 1 is 0.828 bits per heavy atom. The van der Waals surface area contributed by atoms with Gasteiger partial charge >= 0.3 is 29.7 Å². The van der Waals surface area contributed by atoms with Gasteiger partial charge in [-0.3, -0.25) is 0 Å². The third-order valence-corrected chi connectivity index (χ3v) is 3.72. The second-order valence-electron chi connectivity index (χ2n) is 5.48. The van der Waals surface area contributed by atoms with E-state index in [4.69, 9.17) is 10.2 Å². The number of ether oxygens (including phenoxy) is 1. The van der Waals surface area contributed by atoms with E-state index in [-0.39, 0.29) is 0 Å². The second kappa shape index (κ2) is 6.52. The van der Waals surface area contributed by atoms with Crippen LogP contribution in [0.1, 0.15) is 0 Å². The zero-order valence-electron chi connectivity index (χ0n) is 13.1. The summed E-state index contributed by atoms with van der Waals surface area (Å²) in [6, 6.07) is -0.574. The molecular formula is C14H4F10O5. The molecule has 0 fully saturated rings. The average Bonchev–Trinajstić information content (AvgIpc) is 2.56. The summed E-state index contributed by atoms with van der Waals surface area (Å²) in [5.41, 5.74) is -6.22. The number of hydrogen-bond donors (Lipinski definition) is 2. The van der Waals surface area contributed by atoms with Crippen molar-refractivity contribution in [3.63, 3.8) is 0 Å². The fraction of sp³-hybridized carbons (Fsp3) is 0.286. The van der Waals surface area contributed by atoms with Gasteiger partial charge in [0.25, 0.3) is 0 Å². The first-order valence-corrected chi connectivity index (χ1v) is 6.84. The molecule has 0 amide bonds. The Morgan fingerprint density at radius 3 is 1.76 bits per heavy atom. The van der Waals surface area contributed by atoms with E-state index >= 15 is 0 Å². The minimum absolute atomic E-state index is 0.574. The number of aliphatic carboxylic acids is 2. The highest BCUT2D eigenvalue weighted by molar-refractivity contribution is 6.02. The number of rotatable bonds is 4. The van der Waals surface area contributed by atoms with E-state index in [2.05, 4.69) is 4.74 Å². The summed E-state index contributed by atoms with van der Waals surface area (Å²) in [6.07, 6.45) is -4.65. The minimum atomic E-state index is -6.24. The summed E-state index contributed by atoms with van der Waals surface area (Å²) in [5.74, 6) is -36.9. The molecule has 0 radical (unpaired) electrons. The Labute approximate surface area is 151 Å². The Kier molecular flexibility index (Phi) is 5.01. The van der Waals surface area contributed by atoms with Crippen LogP contribution in [-0.4, -0.2) is 46.0 Å². The molecule has 5 nitrogen and oxygen atoms in total. The summed E-state index contributed by atoms with van der Waals surface area (Å²) in [7, 11) is 0. The maximum absolute atomic E-state index is 14.3. The molecule has 2 N–H and O–H groups in total. The van der Waals surface area contributed by atoms with Gasteiger partial charge in [0, 0.05) is 6.07 Å². The van der Waals surface area contributed by atoms with Crippen molar-refractivity contribution < 1.29 is 68.4 Å². The first-order valence-electron chi connectivity index (χ1n) is 6.84. The molecule has 15 heteroatoms. The van der Waals surface area contributed by atoms with Crippen LogP contribution in [0.15, 0.2) is 17.2 Å². The third-order valence-electron chi connectivity index (χ3n) is 3.72. The van der Waals surface area contributed by atoms with Crippen LogP contribution in [0, 0.1) is 23.3 Å². The summed E-state index contributed by atoms with van der Waals surface area (Å²) in [5, 5.41) is 17.3. The molecule has 0 aliphatic heterocycles. The van der Waals surface area contributed by atoms with E-state index in [0.29, 0.717) is 0 Å². The molecule has 1 aromatic rings. The van der Waals surface area contributed by atoms with Gasteiger partial charge in [-0.05, 0) is 0 Å². The van der Waals surface area contributed by atoms with Crippen LogP contribution < -0.4 is 4.74 Å². The van der Waals surface area contributed by atoms with Gasteiger partial charge in [0.05, 0.1) is 0 Å². The van der Waals surface area contributed by atoms with Crippen LogP contribution in [0.25, 0.3) is 0 Å². The molecule has 1 aliphatic carbocycles. The molecule has 1 aromatic carbocycles. The molecule has 1 unspecified atom stereocenters. The average molecular weight is 442 g/mol. The summed E-state index contributed by atoms with van der Waals surface area (Å²) in [4.78, 5) is 21.7. The molecule has 1 aliphatic rings. The highest BCUT2D eigenvalue weighted by Gasteiger charge is 2.79. The van der Waals surface area contributed by atoms with Crippen LogP contribution in [0.3, 0.4) is 0 Å². The third kappa shape index (κ3) is 3.04.